The fraction of sp³-hybridized carbons (Fsp3) is 0.176. The van der Waals surface area contributed by atoms with E-state index in [9.17, 15) is 14.0 Å². The lowest BCUT2D eigenvalue weighted by molar-refractivity contribution is -0.131. The number of benzene rings is 2. The van der Waals surface area contributed by atoms with Crippen LogP contribution in [0.1, 0.15) is 18.1 Å². The summed E-state index contributed by atoms with van der Waals surface area (Å²) in [5.74, 6) is -0.762. The Morgan fingerprint density at radius 2 is 1.91 bits per heavy atom. The molecule has 2 aromatic carbocycles. The molecule has 0 aromatic heterocycles. The van der Waals surface area contributed by atoms with Gasteiger partial charge in [0.15, 0.2) is 0 Å². The van der Waals surface area contributed by atoms with Crippen LogP contribution in [0.15, 0.2) is 53.0 Å². The Morgan fingerprint density at radius 1 is 1.17 bits per heavy atom. The highest BCUT2D eigenvalue weighted by Gasteiger charge is 2.49. The minimum Gasteiger partial charge on any atom is -0.319 e. The first kappa shape index (κ1) is 15.7. The minimum atomic E-state index is -1.15. The normalized spacial score (nSPS) is 20.7. The highest BCUT2D eigenvalue weighted by atomic mass is 79.9. The number of nitrogens with zero attached hydrogens (tertiary/aromatic N) is 1. The molecule has 0 saturated carbocycles. The van der Waals surface area contributed by atoms with E-state index in [4.69, 9.17) is 0 Å². The van der Waals surface area contributed by atoms with Crippen LogP contribution in [0.2, 0.25) is 0 Å². The zero-order valence-corrected chi connectivity index (χ0v) is 13.9. The number of carbonyl (C=O) groups excluding carboxylic acids is 2. The summed E-state index contributed by atoms with van der Waals surface area (Å²) >= 11 is 3.41. The first-order chi connectivity index (χ1) is 10.9. The van der Waals surface area contributed by atoms with Crippen molar-refractivity contribution in [2.75, 3.05) is 0 Å². The summed E-state index contributed by atoms with van der Waals surface area (Å²) in [5, 5.41) is 2.74. The lowest BCUT2D eigenvalue weighted by atomic mass is 9.92. The van der Waals surface area contributed by atoms with Gasteiger partial charge in [0.25, 0.3) is 5.91 Å². The van der Waals surface area contributed by atoms with Crippen molar-refractivity contribution in [3.8, 4) is 0 Å². The fourth-order valence-corrected chi connectivity index (χ4v) is 3.39. The van der Waals surface area contributed by atoms with Gasteiger partial charge in [0.2, 0.25) is 0 Å². The molecule has 3 amide bonds. The molecule has 118 valence electrons. The molecule has 1 atom stereocenters. The number of urea groups is 1. The Morgan fingerprint density at radius 3 is 2.61 bits per heavy atom. The monoisotopic (exact) mass is 376 g/mol. The molecule has 1 fully saturated rings. The van der Waals surface area contributed by atoms with E-state index in [1.165, 1.54) is 12.1 Å². The van der Waals surface area contributed by atoms with Crippen LogP contribution in [0.4, 0.5) is 9.18 Å². The number of halogens is 2. The van der Waals surface area contributed by atoms with Gasteiger partial charge in [0.1, 0.15) is 11.4 Å². The Balaban J connectivity index is 1.92. The third kappa shape index (κ3) is 2.74. The van der Waals surface area contributed by atoms with Gasteiger partial charge in [-0.3, -0.25) is 9.69 Å². The fourth-order valence-electron chi connectivity index (χ4n) is 2.71. The molecule has 1 aliphatic heterocycles. The van der Waals surface area contributed by atoms with E-state index < -0.39 is 17.4 Å². The average molecular weight is 377 g/mol. The first-order valence-electron chi connectivity index (χ1n) is 7.05. The van der Waals surface area contributed by atoms with Gasteiger partial charge in [0, 0.05) is 10.0 Å². The molecule has 23 heavy (non-hydrogen) atoms. The molecule has 2 aromatic rings. The van der Waals surface area contributed by atoms with Gasteiger partial charge in [0.05, 0.1) is 6.54 Å². The predicted octanol–water partition coefficient (Wildman–Crippen LogP) is 3.56. The molecule has 1 unspecified atom stereocenters. The molecule has 0 bridgehead atoms. The zero-order chi connectivity index (χ0) is 16.6. The molecule has 0 spiro atoms. The molecule has 4 nitrogen and oxygen atoms in total. The third-order valence-electron chi connectivity index (χ3n) is 3.92. The number of rotatable bonds is 3. The van der Waals surface area contributed by atoms with Crippen LogP contribution in [-0.4, -0.2) is 16.8 Å². The second-order valence-electron chi connectivity index (χ2n) is 5.56. The Hall–Kier alpha value is -2.21. The summed E-state index contributed by atoms with van der Waals surface area (Å²) in [6.45, 7) is 1.70. The summed E-state index contributed by atoms with van der Waals surface area (Å²) in [6.07, 6.45) is 0. The standard InChI is InChI=1S/C17H14BrFN2O2/c1-17(13-7-2-3-8-14(13)18)15(22)21(16(23)20-17)10-11-5-4-6-12(19)9-11/h2-9H,10H2,1H3,(H,20,23). The number of amides is 3. The summed E-state index contributed by atoms with van der Waals surface area (Å²) in [7, 11) is 0. The van der Waals surface area contributed by atoms with Gasteiger partial charge in [-0.2, -0.15) is 0 Å². The summed E-state index contributed by atoms with van der Waals surface area (Å²) in [6, 6.07) is 12.6. The van der Waals surface area contributed by atoms with E-state index in [-0.39, 0.29) is 12.5 Å². The maximum absolute atomic E-state index is 13.3. The van der Waals surface area contributed by atoms with Crippen molar-refractivity contribution >= 4 is 27.9 Å². The topological polar surface area (TPSA) is 49.4 Å². The maximum Gasteiger partial charge on any atom is 0.325 e. The van der Waals surface area contributed by atoms with Crippen LogP contribution in [-0.2, 0) is 16.9 Å². The average Bonchev–Trinajstić information content (AvgIpc) is 2.72. The van der Waals surface area contributed by atoms with Crippen molar-refractivity contribution in [2.45, 2.75) is 19.0 Å². The molecule has 1 saturated heterocycles. The second kappa shape index (κ2) is 5.77. The van der Waals surface area contributed by atoms with Gasteiger partial charge < -0.3 is 5.32 Å². The van der Waals surface area contributed by atoms with Crippen molar-refractivity contribution in [1.82, 2.24) is 10.2 Å². The van der Waals surface area contributed by atoms with Crippen molar-refractivity contribution in [2.24, 2.45) is 0 Å². The lowest BCUT2D eigenvalue weighted by Crippen LogP contribution is -2.41. The van der Waals surface area contributed by atoms with E-state index in [1.54, 1.807) is 31.2 Å². The summed E-state index contributed by atoms with van der Waals surface area (Å²) < 4.78 is 14.0. The molecule has 6 heteroatoms. The SMILES string of the molecule is CC1(c2ccccc2Br)NC(=O)N(Cc2cccc(F)c2)C1=O. The van der Waals surface area contributed by atoms with Crippen molar-refractivity contribution < 1.29 is 14.0 Å². The Labute approximate surface area is 141 Å². The number of hydrogen-bond donors (Lipinski definition) is 1. The van der Waals surface area contributed by atoms with Gasteiger partial charge >= 0.3 is 6.03 Å². The van der Waals surface area contributed by atoms with Crippen molar-refractivity contribution in [3.63, 3.8) is 0 Å². The number of carbonyl (C=O) groups is 2. The highest BCUT2D eigenvalue weighted by Crippen LogP contribution is 2.34. The van der Waals surface area contributed by atoms with Crippen LogP contribution < -0.4 is 5.32 Å². The van der Waals surface area contributed by atoms with Crippen molar-refractivity contribution in [3.05, 3.63) is 69.9 Å². The number of hydrogen-bond acceptors (Lipinski definition) is 2. The molecule has 0 radical (unpaired) electrons. The molecule has 3 rings (SSSR count). The molecule has 1 N–H and O–H groups in total. The van der Waals surface area contributed by atoms with Crippen molar-refractivity contribution in [1.29, 1.82) is 0 Å². The van der Waals surface area contributed by atoms with Crippen LogP contribution >= 0.6 is 15.9 Å². The number of imide groups is 1. The molecule has 1 aliphatic rings. The molecule has 0 aliphatic carbocycles. The highest BCUT2D eigenvalue weighted by molar-refractivity contribution is 9.10. The minimum absolute atomic E-state index is 0.0302. The Bertz CT molecular complexity index is 796. The van der Waals surface area contributed by atoms with Gasteiger partial charge in [-0.25, -0.2) is 9.18 Å². The zero-order valence-electron chi connectivity index (χ0n) is 12.3. The predicted molar refractivity (Wildman–Crippen MR) is 87.0 cm³/mol. The third-order valence-corrected chi connectivity index (χ3v) is 4.61. The van der Waals surface area contributed by atoms with E-state index in [2.05, 4.69) is 21.2 Å². The summed E-state index contributed by atoms with van der Waals surface area (Å²) in [5.41, 5.74) is 0.0924. The summed E-state index contributed by atoms with van der Waals surface area (Å²) in [4.78, 5) is 26.2. The smallest absolute Gasteiger partial charge is 0.319 e. The van der Waals surface area contributed by atoms with E-state index in [1.807, 2.05) is 12.1 Å². The lowest BCUT2D eigenvalue weighted by Gasteiger charge is -2.23. The van der Waals surface area contributed by atoms with Gasteiger partial charge in [-0.1, -0.05) is 46.3 Å². The molecular formula is C17H14BrFN2O2. The van der Waals surface area contributed by atoms with E-state index in [0.717, 1.165) is 9.37 Å². The van der Waals surface area contributed by atoms with E-state index in [0.29, 0.717) is 11.1 Å². The molecular weight excluding hydrogens is 363 g/mol. The maximum atomic E-state index is 13.3. The Kier molecular flexibility index (Phi) is 3.93. The quantitative estimate of drug-likeness (QED) is 0.832. The van der Waals surface area contributed by atoms with E-state index >= 15 is 0 Å². The molecule has 1 heterocycles. The van der Waals surface area contributed by atoms with Gasteiger partial charge in [-0.05, 0) is 30.7 Å². The van der Waals surface area contributed by atoms with Crippen LogP contribution in [0, 0.1) is 5.82 Å². The second-order valence-corrected chi connectivity index (χ2v) is 6.41. The van der Waals surface area contributed by atoms with Crippen LogP contribution in [0.5, 0.6) is 0 Å². The van der Waals surface area contributed by atoms with Crippen LogP contribution in [0.25, 0.3) is 0 Å². The van der Waals surface area contributed by atoms with Crippen LogP contribution in [0.3, 0.4) is 0 Å². The number of nitrogens with one attached hydrogen (secondary N) is 1. The van der Waals surface area contributed by atoms with Gasteiger partial charge in [-0.15, -0.1) is 0 Å². The first-order valence-corrected chi connectivity index (χ1v) is 7.84. The largest absolute Gasteiger partial charge is 0.325 e.